The molecule has 0 aliphatic rings. The maximum atomic E-state index is 13.4. The van der Waals surface area contributed by atoms with Crippen LogP contribution >= 0.6 is 11.6 Å². The SMILES string of the molecule is COc1ccc(N(C(=O)CCCOc2ccc(C)cc2C)S(=O)(=O)c2ccc(Cl)cc2)cc1. The van der Waals surface area contributed by atoms with Gasteiger partial charge in [-0.05, 0) is 80.4 Å². The van der Waals surface area contributed by atoms with Crippen LogP contribution in [0.2, 0.25) is 5.02 Å². The van der Waals surface area contributed by atoms with Gasteiger partial charge in [-0.15, -0.1) is 0 Å². The number of carbonyl (C=O) groups excluding carboxylic acids is 1. The number of hydrogen-bond acceptors (Lipinski definition) is 5. The van der Waals surface area contributed by atoms with E-state index in [0.717, 1.165) is 21.2 Å². The third-order valence-electron chi connectivity index (χ3n) is 5.01. The van der Waals surface area contributed by atoms with E-state index in [1.807, 2.05) is 32.0 Å². The van der Waals surface area contributed by atoms with E-state index in [1.54, 1.807) is 12.1 Å². The minimum absolute atomic E-state index is 0.0102. The Balaban J connectivity index is 1.79. The van der Waals surface area contributed by atoms with E-state index in [2.05, 4.69) is 0 Å². The second-order valence-electron chi connectivity index (χ2n) is 7.54. The average Bonchev–Trinajstić information content (AvgIpc) is 2.78. The fourth-order valence-electron chi connectivity index (χ4n) is 3.31. The number of rotatable bonds is 9. The molecule has 0 radical (unpaired) electrons. The molecule has 1 amide bonds. The highest BCUT2D eigenvalue weighted by molar-refractivity contribution is 7.93. The van der Waals surface area contributed by atoms with Crippen LogP contribution in [-0.2, 0) is 14.8 Å². The number of halogens is 1. The van der Waals surface area contributed by atoms with E-state index in [4.69, 9.17) is 21.1 Å². The third-order valence-corrected chi connectivity index (χ3v) is 7.02. The van der Waals surface area contributed by atoms with Gasteiger partial charge >= 0.3 is 0 Å². The molecule has 0 saturated carbocycles. The van der Waals surface area contributed by atoms with Crippen LogP contribution < -0.4 is 13.8 Å². The highest BCUT2D eigenvalue weighted by Crippen LogP contribution is 2.28. The molecule has 6 nitrogen and oxygen atoms in total. The number of nitrogens with zero attached hydrogens (tertiary/aromatic N) is 1. The van der Waals surface area contributed by atoms with E-state index in [-0.39, 0.29) is 23.6 Å². The summed E-state index contributed by atoms with van der Waals surface area (Å²) >= 11 is 5.91. The minimum Gasteiger partial charge on any atom is -0.497 e. The molecule has 33 heavy (non-hydrogen) atoms. The Bertz CT molecular complexity index is 1210. The van der Waals surface area contributed by atoms with Crippen molar-refractivity contribution in [3.63, 3.8) is 0 Å². The largest absolute Gasteiger partial charge is 0.497 e. The monoisotopic (exact) mass is 487 g/mol. The van der Waals surface area contributed by atoms with Crippen LogP contribution in [0.15, 0.2) is 71.6 Å². The molecule has 0 aliphatic heterocycles. The van der Waals surface area contributed by atoms with Crippen LogP contribution in [0.5, 0.6) is 11.5 Å². The van der Waals surface area contributed by atoms with Gasteiger partial charge < -0.3 is 9.47 Å². The average molecular weight is 488 g/mol. The second kappa shape index (κ2) is 10.7. The number of methoxy groups -OCH3 is 1. The van der Waals surface area contributed by atoms with Crippen LogP contribution in [0.25, 0.3) is 0 Å². The summed E-state index contributed by atoms with van der Waals surface area (Å²) in [5, 5.41) is 0.403. The van der Waals surface area contributed by atoms with Crippen molar-refractivity contribution >= 4 is 33.2 Å². The van der Waals surface area contributed by atoms with Crippen LogP contribution in [0.4, 0.5) is 5.69 Å². The quantitative estimate of drug-likeness (QED) is 0.370. The molecule has 3 aromatic carbocycles. The molecule has 0 bridgehead atoms. The first-order valence-corrected chi connectivity index (χ1v) is 12.2. The predicted octanol–water partition coefficient (Wildman–Crippen LogP) is 5.55. The van der Waals surface area contributed by atoms with Crippen LogP contribution in [-0.4, -0.2) is 28.0 Å². The lowest BCUT2D eigenvalue weighted by Crippen LogP contribution is -2.37. The topological polar surface area (TPSA) is 72.9 Å². The standard InChI is InChI=1S/C25H26ClNO5S/c1-18-6-15-24(19(2)17-18)32-16-4-5-25(28)27(21-9-11-22(31-3)12-10-21)33(29,30)23-13-7-20(26)8-14-23/h6-15,17H,4-5,16H2,1-3H3. The Morgan fingerprint density at radius 3 is 2.24 bits per heavy atom. The van der Waals surface area contributed by atoms with Crippen molar-refractivity contribution < 1.29 is 22.7 Å². The van der Waals surface area contributed by atoms with Crippen molar-refractivity contribution in [2.75, 3.05) is 18.0 Å². The summed E-state index contributed by atoms with van der Waals surface area (Å²) in [6.45, 7) is 4.25. The van der Waals surface area contributed by atoms with Crippen molar-refractivity contribution in [1.29, 1.82) is 0 Å². The fraction of sp³-hybridized carbons (Fsp3) is 0.240. The molecule has 0 atom stereocenters. The Hall–Kier alpha value is -3.03. The molecule has 8 heteroatoms. The summed E-state index contributed by atoms with van der Waals surface area (Å²) in [5.74, 6) is 0.741. The number of anilines is 1. The Kier molecular flexibility index (Phi) is 8.00. The number of sulfonamides is 1. The first-order valence-electron chi connectivity index (χ1n) is 10.4. The molecule has 174 valence electrons. The summed E-state index contributed by atoms with van der Waals surface area (Å²) < 4.78 is 38.5. The number of ether oxygens (including phenoxy) is 2. The number of benzene rings is 3. The molecule has 0 spiro atoms. The summed E-state index contributed by atoms with van der Waals surface area (Å²) in [5.41, 5.74) is 2.37. The van der Waals surface area contributed by atoms with E-state index < -0.39 is 15.9 Å². The smallest absolute Gasteiger partial charge is 0.270 e. The summed E-state index contributed by atoms with van der Waals surface area (Å²) in [6, 6.07) is 17.9. The van der Waals surface area contributed by atoms with Gasteiger partial charge in [-0.25, -0.2) is 12.7 Å². The first kappa shape index (κ1) is 24.6. The lowest BCUT2D eigenvalue weighted by Gasteiger charge is -2.23. The van der Waals surface area contributed by atoms with Crippen molar-refractivity contribution in [1.82, 2.24) is 0 Å². The first-order chi connectivity index (χ1) is 15.7. The molecule has 0 saturated heterocycles. The number of hydrogen-bond donors (Lipinski definition) is 0. The molecule has 0 heterocycles. The molecule has 0 unspecified atom stereocenters. The maximum Gasteiger partial charge on any atom is 0.270 e. The molecule has 0 aliphatic carbocycles. The van der Waals surface area contributed by atoms with E-state index >= 15 is 0 Å². The van der Waals surface area contributed by atoms with Gasteiger partial charge in [0.05, 0.1) is 24.3 Å². The lowest BCUT2D eigenvalue weighted by atomic mass is 10.1. The van der Waals surface area contributed by atoms with Crippen molar-refractivity contribution in [3.05, 3.63) is 82.9 Å². The number of amides is 1. The zero-order chi connectivity index (χ0) is 24.0. The van der Waals surface area contributed by atoms with Crippen LogP contribution in [0, 0.1) is 13.8 Å². The van der Waals surface area contributed by atoms with Crippen LogP contribution in [0.3, 0.4) is 0 Å². The summed E-state index contributed by atoms with van der Waals surface area (Å²) in [6.07, 6.45) is 0.346. The van der Waals surface area contributed by atoms with Gasteiger partial charge in [0.15, 0.2) is 0 Å². The highest BCUT2D eigenvalue weighted by Gasteiger charge is 2.30. The van der Waals surface area contributed by atoms with Crippen molar-refractivity contribution in [3.8, 4) is 11.5 Å². The van der Waals surface area contributed by atoms with Gasteiger partial charge in [0.1, 0.15) is 11.5 Å². The fourth-order valence-corrected chi connectivity index (χ4v) is 4.89. The van der Waals surface area contributed by atoms with E-state index in [0.29, 0.717) is 17.2 Å². The minimum atomic E-state index is -4.15. The zero-order valence-corrected chi connectivity index (χ0v) is 20.3. The van der Waals surface area contributed by atoms with Crippen molar-refractivity contribution in [2.45, 2.75) is 31.6 Å². The van der Waals surface area contributed by atoms with Crippen molar-refractivity contribution in [2.24, 2.45) is 0 Å². The highest BCUT2D eigenvalue weighted by atomic mass is 35.5. The summed E-state index contributed by atoms with van der Waals surface area (Å²) in [4.78, 5) is 13.1. The predicted molar refractivity (Wildman–Crippen MR) is 130 cm³/mol. The summed E-state index contributed by atoms with van der Waals surface area (Å²) in [7, 11) is -2.63. The van der Waals surface area contributed by atoms with Gasteiger partial charge in [-0.3, -0.25) is 4.79 Å². The molecule has 3 rings (SSSR count). The molecular formula is C25H26ClNO5S. The Morgan fingerprint density at radius 2 is 1.64 bits per heavy atom. The molecule has 3 aromatic rings. The lowest BCUT2D eigenvalue weighted by molar-refractivity contribution is -0.117. The van der Waals surface area contributed by atoms with Gasteiger partial charge in [0.25, 0.3) is 10.0 Å². The zero-order valence-electron chi connectivity index (χ0n) is 18.7. The Morgan fingerprint density at radius 1 is 0.970 bits per heavy atom. The number of aryl methyl sites for hydroxylation is 2. The molecule has 0 N–H and O–H groups in total. The molecule has 0 fully saturated rings. The molecule has 0 aromatic heterocycles. The second-order valence-corrected chi connectivity index (χ2v) is 9.76. The Labute approximate surface area is 199 Å². The van der Waals surface area contributed by atoms with E-state index in [9.17, 15) is 13.2 Å². The van der Waals surface area contributed by atoms with E-state index in [1.165, 1.54) is 43.5 Å². The van der Waals surface area contributed by atoms with Gasteiger partial charge in [0, 0.05) is 11.4 Å². The third kappa shape index (κ3) is 6.06. The van der Waals surface area contributed by atoms with Gasteiger partial charge in [-0.1, -0.05) is 29.3 Å². The van der Waals surface area contributed by atoms with Gasteiger partial charge in [0.2, 0.25) is 5.91 Å². The normalized spacial score (nSPS) is 11.2. The van der Waals surface area contributed by atoms with Crippen LogP contribution in [0.1, 0.15) is 24.0 Å². The van der Waals surface area contributed by atoms with Gasteiger partial charge in [-0.2, -0.15) is 0 Å². The maximum absolute atomic E-state index is 13.4. The number of carbonyl (C=O) groups is 1. The molecular weight excluding hydrogens is 462 g/mol.